The first kappa shape index (κ1) is 16.2. The second-order valence-electron chi connectivity index (χ2n) is 5.24. The zero-order chi connectivity index (χ0) is 17.3. The molecule has 1 N–H and O–H groups in total. The number of halogens is 1. The van der Waals surface area contributed by atoms with E-state index in [2.05, 4.69) is 5.32 Å². The third kappa shape index (κ3) is 2.90. The van der Waals surface area contributed by atoms with Gasteiger partial charge in [-0.1, -0.05) is 0 Å². The van der Waals surface area contributed by atoms with Crippen LogP contribution in [-0.2, 0) is 9.53 Å². The molecule has 1 aromatic carbocycles. The summed E-state index contributed by atoms with van der Waals surface area (Å²) in [4.78, 5) is 25.4. The first-order valence-corrected chi connectivity index (χ1v) is 8.12. The SMILES string of the molecule is COC(=O)c1cc2ccsc2n1[C@H](C)C(=O)Nc1ccc(F)cc1. The number of ether oxygens (including phenoxy) is 1. The Kier molecular flexibility index (Phi) is 4.35. The van der Waals surface area contributed by atoms with E-state index in [1.165, 1.54) is 42.7 Å². The van der Waals surface area contributed by atoms with E-state index in [-0.39, 0.29) is 11.7 Å². The molecule has 1 atom stereocenters. The molecule has 2 heterocycles. The summed E-state index contributed by atoms with van der Waals surface area (Å²) in [5.41, 5.74) is 0.809. The Balaban J connectivity index is 1.93. The molecule has 2 aromatic heterocycles. The van der Waals surface area contributed by atoms with Gasteiger partial charge in [-0.25, -0.2) is 9.18 Å². The Morgan fingerprint density at radius 1 is 1.25 bits per heavy atom. The van der Waals surface area contributed by atoms with Crippen molar-refractivity contribution in [2.75, 3.05) is 12.4 Å². The highest BCUT2D eigenvalue weighted by Gasteiger charge is 2.25. The maximum absolute atomic E-state index is 13.0. The molecule has 5 nitrogen and oxygen atoms in total. The van der Waals surface area contributed by atoms with Crippen molar-refractivity contribution in [3.05, 3.63) is 53.3 Å². The van der Waals surface area contributed by atoms with E-state index < -0.39 is 12.0 Å². The van der Waals surface area contributed by atoms with Crippen LogP contribution in [0.15, 0.2) is 41.8 Å². The minimum Gasteiger partial charge on any atom is -0.464 e. The maximum atomic E-state index is 13.0. The van der Waals surface area contributed by atoms with Crippen LogP contribution in [0.2, 0.25) is 0 Å². The number of thiophene rings is 1. The summed E-state index contributed by atoms with van der Waals surface area (Å²) in [6.45, 7) is 1.70. The van der Waals surface area contributed by atoms with Gasteiger partial charge in [-0.2, -0.15) is 0 Å². The quantitative estimate of drug-likeness (QED) is 0.731. The molecule has 0 fully saturated rings. The summed E-state index contributed by atoms with van der Waals surface area (Å²) in [7, 11) is 1.30. The lowest BCUT2D eigenvalue weighted by Crippen LogP contribution is -2.26. The number of rotatable bonds is 4. The topological polar surface area (TPSA) is 60.3 Å². The van der Waals surface area contributed by atoms with Crippen LogP contribution in [0, 0.1) is 5.82 Å². The number of aromatic nitrogens is 1. The first-order valence-electron chi connectivity index (χ1n) is 7.24. The van der Waals surface area contributed by atoms with E-state index >= 15 is 0 Å². The van der Waals surface area contributed by atoms with Crippen LogP contribution in [0.4, 0.5) is 10.1 Å². The maximum Gasteiger partial charge on any atom is 0.354 e. The number of carbonyl (C=O) groups excluding carboxylic acids is 2. The van der Waals surface area contributed by atoms with Gasteiger partial charge in [-0.15, -0.1) is 11.3 Å². The molecule has 0 bridgehead atoms. The Hall–Kier alpha value is -2.67. The molecular weight excluding hydrogens is 331 g/mol. The molecule has 0 spiro atoms. The lowest BCUT2D eigenvalue weighted by molar-refractivity contribution is -0.118. The number of hydrogen-bond acceptors (Lipinski definition) is 4. The van der Waals surface area contributed by atoms with Crippen LogP contribution in [0.5, 0.6) is 0 Å². The van der Waals surface area contributed by atoms with E-state index in [9.17, 15) is 14.0 Å². The highest BCUT2D eigenvalue weighted by Crippen LogP contribution is 2.29. The lowest BCUT2D eigenvalue weighted by atomic mass is 10.2. The monoisotopic (exact) mass is 346 g/mol. The molecule has 0 aliphatic rings. The second-order valence-corrected chi connectivity index (χ2v) is 6.14. The van der Waals surface area contributed by atoms with E-state index in [4.69, 9.17) is 4.74 Å². The van der Waals surface area contributed by atoms with Gasteiger partial charge < -0.3 is 14.6 Å². The van der Waals surface area contributed by atoms with Crippen molar-refractivity contribution >= 4 is 39.1 Å². The molecule has 3 aromatic rings. The molecule has 0 radical (unpaired) electrons. The Morgan fingerprint density at radius 2 is 1.96 bits per heavy atom. The van der Waals surface area contributed by atoms with Gasteiger partial charge in [0.15, 0.2) is 0 Å². The number of anilines is 1. The molecule has 124 valence electrons. The number of hydrogen-bond donors (Lipinski definition) is 1. The van der Waals surface area contributed by atoms with Gasteiger partial charge in [-0.05, 0) is 48.7 Å². The fraction of sp³-hybridized carbons (Fsp3) is 0.176. The summed E-state index contributed by atoms with van der Waals surface area (Å²) in [5.74, 6) is -1.18. The van der Waals surface area contributed by atoms with Crippen molar-refractivity contribution in [1.82, 2.24) is 4.57 Å². The third-order valence-corrected chi connectivity index (χ3v) is 4.65. The molecule has 0 unspecified atom stereocenters. The number of benzene rings is 1. The van der Waals surface area contributed by atoms with Crippen molar-refractivity contribution < 1.29 is 18.7 Å². The number of esters is 1. The summed E-state index contributed by atoms with van der Waals surface area (Å²) >= 11 is 1.44. The van der Waals surface area contributed by atoms with E-state index in [0.717, 1.165) is 10.2 Å². The molecule has 0 saturated carbocycles. The summed E-state index contributed by atoms with van der Waals surface area (Å²) in [5, 5.41) is 5.50. The van der Waals surface area contributed by atoms with Gasteiger partial charge in [0.25, 0.3) is 0 Å². The number of fused-ring (bicyclic) bond motifs is 1. The van der Waals surface area contributed by atoms with Gasteiger partial charge in [-0.3, -0.25) is 4.79 Å². The lowest BCUT2D eigenvalue weighted by Gasteiger charge is -2.17. The number of nitrogens with zero attached hydrogens (tertiary/aromatic N) is 1. The Bertz CT molecular complexity index is 898. The minimum absolute atomic E-state index is 0.308. The number of methoxy groups -OCH3 is 1. The largest absolute Gasteiger partial charge is 0.464 e. The molecular formula is C17H15FN2O3S. The highest BCUT2D eigenvalue weighted by molar-refractivity contribution is 7.16. The molecule has 7 heteroatoms. The molecule has 0 aliphatic carbocycles. The average molecular weight is 346 g/mol. The van der Waals surface area contributed by atoms with Crippen molar-refractivity contribution in [2.24, 2.45) is 0 Å². The van der Waals surface area contributed by atoms with Crippen LogP contribution < -0.4 is 5.32 Å². The molecule has 24 heavy (non-hydrogen) atoms. The zero-order valence-electron chi connectivity index (χ0n) is 13.1. The van der Waals surface area contributed by atoms with Crippen molar-refractivity contribution in [3.8, 4) is 0 Å². The minimum atomic E-state index is -0.639. The van der Waals surface area contributed by atoms with Crippen LogP contribution in [0.25, 0.3) is 10.2 Å². The standard InChI is InChI=1S/C17H15FN2O3S/c1-10(15(21)19-13-5-3-12(18)4-6-13)20-14(17(22)23-2)9-11-7-8-24-16(11)20/h3-10H,1-2H3,(H,19,21)/t10-/m1/s1. The van der Waals surface area contributed by atoms with Crippen LogP contribution in [0.1, 0.15) is 23.5 Å². The zero-order valence-corrected chi connectivity index (χ0v) is 13.9. The summed E-state index contributed by atoms with van der Waals surface area (Å²) in [6, 6.07) is 8.46. The normalized spacial score (nSPS) is 12.1. The van der Waals surface area contributed by atoms with E-state index in [0.29, 0.717) is 11.4 Å². The Morgan fingerprint density at radius 3 is 2.62 bits per heavy atom. The molecule has 0 saturated heterocycles. The summed E-state index contributed by atoms with van der Waals surface area (Å²) < 4.78 is 19.4. The van der Waals surface area contributed by atoms with Crippen molar-refractivity contribution in [3.63, 3.8) is 0 Å². The second kappa shape index (κ2) is 6.45. The van der Waals surface area contributed by atoms with Gasteiger partial charge >= 0.3 is 5.97 Å². The van der Waals surface area contributed by atoms with Gasteiger partial charge in [0.1, 0.15) is 22.4 Å². The van der Waals surface area contributed by atoms with Crippen molar-refractivity contribution in [2.45, 2.75) is 13.0 Å². The smallest absolute Gasteiger partial charge is 0.354 e. The van der Waals surface area contributed by atoms with Gasteiger partial charge in [0.2, 0.25) is 5.91 Å². The van der Waals surface area contributed by atoms with Crippen molar-refractivity contribution in [1.29, 1.82) is 0 Å². The van der Waals surface area contributed by atoms with E-state index in [1.807, 2.05) is 11.4 Å². The molecule has 3 rings (SSSR count). The van der Waals surface area contributed by atoms with Crippen LogP contribution >= 0.6 is 11.3 Å². The van der Waals surface area contributed by atoms with Crippen LogP contribution in [-0.4, -0.2) is 23.6 Å². The predicted molar refractivity (Wildman–Crippen MR) is 90.9 cm³/mol. The number of amides is 1. The van der Waals surface area contributed by atoms with Gasteiger partial charge in [0, 0.05) is 11.1 Å². The number of nitrogens with one attached hydrogen (secondary N) is 1. The van der Waals surface area contributed by atoms with Crippen LogP contribution in [0.3, 0.4) is 0 Å². The Labute approximate surface area is 141 Å². The molecule has 1 amide bonds. The summed E-state index contributed by atoms with van der Waals surface area (Å²) in [6.07, 6.45) is 0. The predicted octanol–water partition coefficient (Wildman–Crippen LogP) is 3.83. The number of carbonyl (C=O) groups is 2. The van der Waals surface area contributed by atoms with E-state index in [1.54, 1.807) is 17.6 Å². The third-order valence-electron chi connectivity index (χ3n) is 3.72. The fourth-order valence-electron chi connectivity index (χ4n) is 2.49. The highest BCUT2D eigenvalue weighted by atomic mass is 32.1. The average Bonchev–Trinajstić information content (AvgIpc) is 3.16. The first-order chi connectivity index (χ1) is 11.5. The fourth-order valence-corrected chi connectivity index (χ4v) is 3.46. The molecule has 0 aliphatic heterocycles. The van der Waals surface area contributed by atoms with Gasteiger partial charge in [0.05, 0.1) is 7.11 Å².